The second kappa shape index (κ2) is 3.68. The normalized spacial score (nSPS) is 15.3. The van der Waals surface area contributed by atoms with Gasteiger partial charge in [0.1, 0.15) is 0 Å². The summed E-state index contributed by atoms with van der Waals surface area (Å²) in [6, 6.07) is 3.89. The highest BCUT2D eigenvalue weighted by Gasteiger charge is 2.25. The van der Waals surface area contributed by atoms with Gasteiger partial charge >= 0.3 is 0 Å². The van der Waals surface area contributed by atoms with E-state index >= 15 is 0 Å². The molecule has 3 rings (SSSR count). The van der Waals surface area contributed by atoms with E-state index in [0.717, 1.165) is 11.3 Å². The fourth-order valence-electron chi connectivity index (χ4n) is 1.64. The lowest BCUT2D eigenvalue weighted by Gasteiger charge is -1.98. The minimum Gasteiger partial charge on any atom is -0.334 e. The zero-order valence-electron chi connectivity index (χ0n) is 8.76. The van der Waals surface area contributed by atoms with E-state index in [1.165, 1.54) is 12.8 Å². The molecule has 0 unspecified atom stereocenters. The minimum atomic E-state index is 0.296. The van der Waals surface area contributed by atoms with Gasteiger partial charge in [-0.3, -0.25) is 4.98 Å². The first kappa shape index (κ1) is 9.47. The van der Waals surface area contributed by atoms with Gasteiger partial charge in [-0.25, -0.2) is 0 Å². The predicted octanol–water partition coefficient (Wildman–Crippen LogP) is 1.47. The number of hydrogen-bond acceptors (Lipinski definition) is 5. The van der Waals surface area contributed by atoms with Crippen molar-refractivity contribution in [2.75, 3.05) is 0 Å². The van der Waals surface area contributed by atoms with Crippen molar-refractivity contribution >= 4 is 0 Å². The molecule has 5 heteroatoms. The Labute approximate surface area is 92.7 Å². The molecule has 0 aliphatic heterocycles. The molecule has 5 nitrogen and oxygen atoms in total. The highest BCUT2D eigenvalue weighted by atomic mass is 16.5. The Morgan fingerprint density at radius 1 is 1.44 bits per heavy atom. The Hall–Kier alpha value is -1.75. The Morgan fingerprint density at radius 3 is 3.00 bits per heavy atom. The minimum absolute atomic E-state index is 0.296. The number of hydrogen-bond donors (Lipinski definition) is 1. The van der Waals surface area contributed by atoms with Crippen LogP contribution in [0.4, 0.5) is 0 Å². The molecule has 1 saturated carbocycles. The van der Waals surface area contributed by atoms with Crippen LogP contribution in [0, 0.1) is 0 Å². The van der Waals surface area contributed by atoms with E-state index in [9.17, 15) is 0 Å². The summed E-state index contributed by atoms with van der Waals surface area (Å²) in [4.78, 5) is 8.53. The SMILES string of the molecule is NCc1noc(-c2ccnc(C3CC3)c2)n1. The van der Waals surface area contributed by atoms with Crippen molar-refractivity contribution in [2.45, 2.75) is 25.3 Å². The maximum Gasteiger partial charge on any atom is 0.258 e. The van der Waals surface area contributed by atoms with Gasteiger partial charge in [0.2, 0.25) is 0 Å². The lowest BCUT2D eigenvalue weighted by Crippen LogP contribution is -1.97. The maximum absolute atomic E-state index is 5.43. The van der Waals surface area contributed by atoms with Crippen LogP contribution in [-0.2, 0) is 6.54 Å². The second-order valence-electron chi connectivity index (χ2n) is 3.96. The largest absolute Gasteiger partial charge is 0.334 e. The molecule has 2 aromatic heterocycles. The van der Waals surface area contributed by atoms with E-state index < -0.39 is 0 Å². The molecule has 1 aliphatic carbocycles. The fourth-order valence-corrected chi connectivity index (χ4v) is 1.64. The summed E-state index contributed by atoms with van der Waals surface area (Å²) < 4.78 is 5.13. The van der Waals surface area contributed by atoms with E-state index in [4.69, 9.17) is 10.3 Å². The van der Waals surface area contributed by atoms with Crippen molar-refractivity contribution in [3.8, 4) is 11.5 Å². The highest BCUT2D eigenvalue weighted by molar-refractivity contribution is 5.53. The summed E-state index contributed by atoms with van der Waals surface area (Å²) in [5, 5.41) is 3.77. The molecule has 2 N–H and O–H groups in total. The first-order valence-electron chi connectivity index (χ1n) is 5.36. The molecule has 1 fully saturated rings. The van der Waals surface area contributed by atoms with E-state index in [2.05, 4.69) is 15.1 Å². The van der Waals surface area contributed by atoms with Crippen LogP contribution in [0.2, 0.25) is 0 Å². The first-order chi connectivity index (χ1) is 7.86. The standard InChI is InChI=1S/C11H12N4O/c12-6-10-14-11(16-15-10)8-3-4-13-9(5-8)7-1-2-7/h3-5,7H,1-2,6,12H2. The molecule has 0 aromatic carbocycles. The number of aromatic nitrogens is 3. The summed E-state index contributed by atoms with van der Waals surface area (Å²) in [5.41, 5.74) is 7.47. The summed E-state index contributed by atoms with van der Waals surface area (Å²) in [7, 11) is 0. The van der Waals surface area contributed by atoms with Gasteiger partial charge in [0.15, 0.2) is 5.82 Å². The molecule has 82 valence electrons. The molecule has 0 amide bonds. The van der Waals surface area contributed by atoms with E-state index in [1.807, 2.05) is 12.1 Å². The molecular formula is C11H12N4O. The molecule has 0 atom stereocenters. The average molecular weight is 216 g/mol. The second-order valence-corrected chi connectivity index (χ2v) is 3.96. The lowest BCUT2D eigenvalue weighted by molar-refractivity contribution is 0.422. The van der Waals surface area contributed by atoms with Crippen molar-refractivity contribution in [3.05, 3.63) is 29.8 Å². The van der Waals surface area contributed by atoms with Crippen LogP contribution in [0.25, 0.3) is 11.5 Å². The van der Waals surface area contributed by atoms with Gasteiger partial charge in [0.25, 0.3) is 5.89 Å². The van der Waals surface area contributed by atoms with Crippen LogP contribution in [-0.4, -0.2) is 15.1 Å². The molecule has 0 spiro atoms. The quantitative estimate of drug-likeness (QED) is 0.840. The number of rotatable bonds is 3. The molecule has 0 saturated heterocycles. The van der Waals surface area contributed by atoms with Crippen LogP contribution in [0.5, 0.6) is 0 Å². The van der Waals surface area contributed by atoms with Gasteiger partial charge in [-0.2, -0.15) is 4.98 Å². The van der Waals surface area contributed by atoms with E-state index in [-0.39, 0.29) is 0 Å². The van der Waals surface area contributed by atoms with Crippen molar-refractivity contribution in [3.63, 3.8) is 0 Å². The van der Waals surface area contributed by atoms with Crippen LogP contribution in [0.1, 0.15) is 30.3 Å². The van der Waals surface area contributed by atoms with Crippen LogP contribution in [0.3, 0.4) is 0 Å². The third kappa shape index (κ3) is 1.69. The van der Waals surface area contributed by atoms with Gasteiger partial charge in [0, 0.05) is 23.4 Å². The Balaban J connectivity index is 1.95. The Bertz CT molecular complexity index is 504. The fraction of sp³-hybridized carbons (Fsp3) is 0.364. The van der Waals surface area contributed by atoms with Crippen molar-refractivity contribution in [1.82, 2.24) is 15.1 Å². The van der Waals surface area contributed by atoms with Gasteiger partial charge < -0.3 is 10.3 Å². The molecule has 0 bridgehead atoms. The monoisotopic (exact) mass is 216 g/mol. The van der Waals surface area contributed by atoms with E-state index in [1.54, 1.807) is 6.20 Å². The third-order valence-corrected chi connectivity index (χ3v) is 2.67. The van der Waals surface area contributed by atoms with Gasteiger partial charge in [0.05, 0.1) is 6.54 Å². The summed E-state index contributed by atoms with van der Waals surface area (Å²) >= 11 is 0. The smallest absolute Gasteiger partial charge is 0.258 e. The van der Waals surface area contributed by atoms with Crippen LogP contribution >= 0.6 is 0 Å². The third-order valence-electron chi connectivity index (χ3n) is 2.67. The zero-order valence-corrected chi connectivity index (χ0v) is 8.76. The number of pyridine rings is 1. The Kier molecular flexibility index (Phi) is 2.18. The topological polar surface area (TPSA) is 77.8 Å². The number of nitrogens with two attached hydrogens (primary N) is 1. The Morgan fingerprint density at radius 2 is 2.31 bits per heavy atom. The molecule has 1 aliphatic rings. The van der Waals surface area contributed by atoms with Crippen LogP contribution < -0.4 is 5.73 Å². The predicted molar refractivity (Wildman–Crippen MR) is 57.4 cm³/mol. The van der Waals surface area contributed by atoms with E-state index in [0.29, 0.717) is 24.2 Å². The summed E-state index contributed by atoms with van der Waals surface area (Å²) in [5.74, 6) is 1.67. The van der Waals surface area contributed by atoms with Crippen molar-refractivity contribution in [1.29, 1.82) is 0 Å². The summed E-state index contributed by atoms with van der Waals surface area (Å²) in [6.07, 6.45) is 4.25. The summed E-state index contributed by atoms with van der Waals surface area (Å²) in [6.45, 7) is 0.296. The zero-order chi connectivity index (χ0) is 11.0. The lowest BCUT2D eigenvalue weighted by atomic mass is 10.2. The molecule has 0 radical (unpaired) electrons. The maximum atomic E-state index is 5.43. The molecule has 2 heterocycles. The van der Waals surface area contributed by atoms with Gasteiger partial charge in [-0.05, 0) is 25.0 Å². The number of nitrogens with zero attached hydrogens (tertiary/aromatic N) is 3. The molecule has 2 aromatic rings. The van der Waals surface area contributed by atoms with Gasteiger partial charge in [-0.15, -0.1) is 0 Å². The molecular weight excluding hydrogens is 204 g/mol. The molecule has 16 heavy (non-hydrogen) atoms. The first-order valence-corrected chi connectivity index (χ1v) is 5.36. The van der Waals surface area contributed by atoms with Crippen LogP contribution in [0.15, 0.2) is 22.9 Å². The van der Waals surface area contributed by atoms with Gasteiger partial charge in [-0.1, -0.05) is 5.16 Å². The van der Waals surface area contributed by atoms with Crippen molar-refractivity contribution < 1.29 is 4.52 Å². The average Bonchev–Trinajstić information content (AvgIpc) is 3.07. The van der Waals surface area contributed by atoms with Crippen molar-refractivity contribution in [2.24, 2.45) is 5.73 Å². The highest BCUT2D eigenvalue weighted by Crippen LogP contribution is 2.39.